The molecule has 2 rings (SSSR count). The lowest BCUT2D eigenvalue weighted by Gasteiger charge is -2.21. The Balaban J connectivity index is 2.20. The average Bonchev–Trinajstić information content (AvgIpc) is 2.94. The van der Waals surface area contributed by atoms with Crippen LogP contribution in [-0.4, -0.2) is 17.4 Å². The molecule has 2 aromatic rings. The number of hydrogen-bond acceptors (Lipinski definition) is 3. The second-order valence-electron chi connectivity index (χ2n) is 4.63. The number of carbonyl (C=O) groups excluding carboxylic acids is 1. The van der Waals surface area contributed by atoms with Gasteiger partial charge in [-0.05, 0) is 24.6 Å². The number of para-hydroxylation sites is 1. The summed E-state index contributed by atoms with van der Waals surface area (Å²) < 4.78 is 5.33. The number of amides is 1. The molecule has 20 heavy (non-hydrogen) atoms. The van der Waals surface area contributed by atoms with E-state index < -0.39 is 0 Å². The van der Waals surface area contributed by atoms with Gasteiger partial charge in [0.05, 0.1) is 11.8 Å². The van der Waals surface area contributed by atoms with Gasteiger partial charge in [0.15, 0.2) is 0 Å². The van der Waals surface area contributed by atoms with Crippen LogP contribution in [0.25, 0.3) is 0 Å². The van der Waals surface area contributed by atoms with E-state index in [1.807, 2.05) is 38.1 Å². The molecule has 0 atom stereocenters. The first-order chi connectivity index (χ1) is 9.67. The van der Waals surface area contributed by atoms with Gasteiger partial charge in [-0.1, -0.05) is 25.1 Å². The van der Waals surface area contributed by atoms with Crippen LogP contribution >= 0.6 is 0 Å². The number of benzene rings is 1. The third kappa shape index (κ3) is 2.85. The van der Waals surface area contributed by atoms with Crippen molar-refractivity contribution in [2.45, 2.75) is 26.8 Å². The minimum absolute atomic E-state index is 0.0126. The largest absolute Gasteiger partial charge is 0.469 e. The number of aryl methyl sites for hydroxylation is 1. The second-order valence-corrected chi connectivity index (χ2v) is 4.63. The van der Waals surface area contributed by atoms with Crippen molar-refractivity contribution in [2.75, 3.05) is 12.3 Å². The summed E-state index contributed by atoms with van der Waals surface area (Å²) in [6.45, 7) is 5.07. The summed E-state index contributed by atoms with van der Waals surface area (Å²) in [6.07, 6.45) is 2.27. The van der Waals surface area contributed by atoms with Gasteiger partial charge in [0, 0.05) is 25.2 Å². The zero-order valence-corrected chi connectivity index (χ0v) is 11.9. The molecule has 0 aliphatic carbocycles. The molecule has 1 aromatic heterocycles. The molecule has 1 aromatic carbocycles. The topological polar surface area (TPSA) is 59.5 Å². The molecule has 0 spiro atoms. The Morgan fingerprint density at radius 1 is 1.25 bits per heavy atom. The number of hydrogen-bond donors (Lipinski definition) is 1. The zero-order valence-electron chi connectivity index (χ0n) is 11.9. The summed E-state index contributed by atoms with van der Waals surface area (Å²) >= 11 is 0. The van der Waals surface area contributed by atoms with Crippen molar-refractivity contribution in [2.24, 2.45) is 0 Å². The number of anilines is 1. The lowest BCUT2D eigenvalue weighted by atomic mass is 10.1. The molecule has 1 amide bonds. The van der Waals surface area contributed by atoms with Crippen LogP contribution in [0.15, 0.2) is 41.0 Å². The number of carbonyl (C=O) groups is 1. The third-order valence-electron chi connectivity index (χ3n) is 3.38. The zero-order chi connectivity index (χ0) is 14.5. The maximum atomic E-state index is 12.6. The fourth-order valence-corrected chi connectivity index (χ4v) is 2.19. The predicted octanol–water partition coefficient (Wildman–Crippen LogP) is 3.09. The van der Waals surface area contributed by atoms with Crippen molar-refractivity contribution in [1.29, 1.82) is 0 Å². The minimum atomic E-state index is -0.0126. The first-order valence-electron chi connectivity index (χ1n) is 6.86. The highest BCUT2D eigenvalue weighted by Crippen LogP contribution is 2.18. The Kier molecular flexibility index (Phi) is 4.45. The Bertz CT molecular complexity index is 590. The Morgan fingerprint density at radius 2 is 2.00 bits per heavy atom. The van der Waals surface area contributed by atoms with Crippen molar-refractivity contribution in [3.05, 3.63) is 53.5 Å². The fraction of sp³-hybridized carbons (Fsp3) is 0.312. The van der Waals surface area contributed by atoms with E-state index in [1.54, 1.807) is 17.2 Å². The van der Waals surface area contributed by atoms with Crippen LogP contribution in [0.1, 0.15) is 35.5 Å². The van der Waals surface area contributed by atoms with Crippen molar-refractivity contribution in [1.82, 2.24) is 4.90 Å². The quantitative estimate of drug-likeness (QED) is 0.851. The molecule has 0 aliphatic rings. The summed E-state index contributed by atoms with van der Waals surface area (Å²) in [5, 5.41) is 0. The van der Waals surface area contributed by atoms with E-state index in [1.165, 1.54) is 0 Å². The van der Waals surface area contributed by atoms with Gasteiger partial charge in [0.25, 0.3) is 5.91 Å². The maximum absolute atomic E-state index is 12.6. The van der Waals surface area contributed by atoms with Gasteiger partial charge in [-0.15, -0.1) is 0 Å². The highest BCUT2D eigenvalue weighted by molar-refractivity contribution is 5.95. The highest BCUT2D eigenvalue weighted by Gasteiger charge is 2.19. The van der Waals surface area contributed by atoms with Crippen LogP contribution in [0.2, 0.25) is 0 Å². The van der Waals surface area contributed by atoms with Gasteiger partial charge in [-0.3, -0.25) is 4.79 Å². The smallest absolute Gasteiger partial charge is 0.257 e. The lowest BCUT2D eigenvalue weighted by Crippen LogP contribution is -2.30. The van der Waals surface area contributed by atoms with Crippen molar-refractivity contribution in [3.63, 3.8) is 0 Å². The van der Waals surface area contributed by atoms with Gasteiger partial charge < -0.3 is 15.1 Å². The van der Waals surface area contributed by atoms with Crippen LogP contribution in [0, 0.1) is 0 Å². The first kappa shape index (κ1) is 14.2. The summed E-state index contributed by atoms with van der Waals surface area (Å²) in [4.78, 5) is 14.3. The summed E-state index contributed by atoms with van der Waals surface area (Å²) in [5.74, 6) is 0.718. The van der Waals surface area contributed by atoms with Crippen LogP contribution < -0.4 is 5.73 Å². The van der Waals surface area contributed by atoms with Crippen LogP contribution in [0.3, 0.4) is 0 Å². The number of nitrogen functional groups attached to an aromatic ring is 1. The van der Waals surface area contributed by atoms with Crippen molar-refractivity contribution in [3.8, 4) is 0 Å². The van der Waals surface area contributed by atoms with Gasteiger partial charge in [-0.25, -0.2) is 0 Å². The molecule has 0 saturated heterocycles. The normalized spacial score (nSPS) is 10.5. The van der Waals surface area contributed by atoms with E-state index in [2.05, 4.69) is 0 Å². The molecule has 0 bridgehead atoms. The minimum Gasteiger partial charge on any atom is -0.469 e. The average molecular weight is 272 g/mol. The lowest BCUT2D eigenvalue weighted by molar-refractivity contribution is 0.0750. The summed E-state index contributed by atoms with van der Waals surface area (Å²) in [6, 6.07) is 9.35. The molecule has 0 saturated carbocycles. The van der Waals surface area contributed by atoms with Crippen LogP contribution in [-0.2, 0) is 13.0 Å². The van der Waals surface area contributed by atoms with E-state index in [4.69, 9.17) is 10.2 Å². The maximum Gasteiger partial charge on any atom is 0.257 e. The van der Waals surface area contributed by atoms with Gasteiger partial charge in [0.2, 0.25) is 0 Å². The highest BCUT2D eigenvalue weighted by atomic mass is 16.3. The third-order valence-corrected chi connectivity index (χ3v) is 3.38. The number of rotatable bonds is 5. The number of nitrogens with two attached hydrogens (primary N) is 1. The molecule has 4 nitrogen and oxygen atoms in total. The molecule has 0 fully saturated rings. The summed E-state index contributed by atoms with van der Waals surface area (Å²) in [5.41, 5.74) is 8.26. The molecule has 4 heteroatoms. The van der Waals surface area contributed by atoms with E-state index in [9.17, 15) is 4.79 Å². The fourth-order valence-electron chi connectivity index (χ4n) is 2.19. The summed E-state index contributed by atoms with van der Waals surface area (Å²) in [7, 11) is 0. The molecule has 2 N–H and O–H groups in total. The second kappa shape index (κ2) is 6.28. The molecule has 0 unspecified atom stereocenters. The molecule has 0 aliphatic heterocycles. The Morgan fingerprint density at radius 3 is 2.65 bits per heavy atom. The Labute approximate surface area is 119 Å². The molecular formula is C16H20N2O2. The van der Waals surface area contributed by atoms with E-state index >= 15 is 0 Å². The number of nitrogens with zero attached hydrogens (tertiary/aromatic N) is 1. The number of furan rings is 1. The van der Waals surface area contributed by atoms with Crippen LogP contribution in [0.5, 0.6) is 0 Å². The first-order valence-corrected chi connectivity index (χ1v) is 6.86. The van der Waals surface area contributed by atoms with E-state index in [0.29, 0.717) is 30.8 Å². The Hall–Kier alpha value is -2.23. The monoisotopic (exact) mass is 272 g/mol. The van der Waals surface area contributed by atoms with Crippen LogP contribution in [0.4, 0.5) is 5.69 Å². The molecule has 106 valence electrons. The van der Waals surface area contributed by atoms with Gasteiger partial charge in [0.1, 0.15) is 5.76 Å². The molecular weight excluding hydrogens is 252 g/mol. The van der Waals surface area contributed by atoms with Crippen molar-refractivity contribution >= 4 is 11.6 Å². The SMILES string of the molecule is CCc1occc1C(=O)N(CC)Cc1ccccc1N. The predicted molar refractivity (Wildman–Crippen MR) is 79.4 cm³/mol. The van der Waals surface area contributed by atoms with Gasteiger partial charge in [-0.2, -0.15) is 0 Å². The van der Waals surface area contributed by atoms with E-state index in [0.717, 1.165) is 11.3 Å². The van der Waals surface area contributed by atoms with Gasteiger partial charge >= 0.3 is 0 Å². The van der Waals surface area contributed by atoms with Crippen molar-refractivity contribution < 1.29 is 9.21 Å². The van der Waals surface area contributed by atoms with E-state index in [-0.39, 0.29) is 5.91 Å². The molecule has 0 radical (unpaired) electrons. The standard InChI is InChI=1S/C16H20N2O2/c1-3-15-13(9-10-20-15)16(19)18(4-2)11-12-7-5-6-8-14(12)17/h5-10H,3-4,11,17H2,1-2H3. The molecule has 1 heterocycles.